The highest BCUT2D eigenvalue weighted by Crippen LogP contribution is 2.29. The van der Waals surface area contributed by atoms with E-state index in [9.17, 15) is 0 Å². The Balaban J connectivity index is 2.18. The molecule has 1 heterocycles. The van der Waals surface area contributed by atoms with Crippen LogP contribution in [0.2, 0.25) is 5.02 Å². The van der Waals surface area contributed by atoms with E-state index in [1.807, 2.05) is 48.5 Å². The zero-order chi connectivity index (χ0) is 13.2. The second kappa shape index (κ2) is 4.90. The molecule has 0 amide bonds. The first-order chi connectivity index (χ1) is 9.28. The van der Waals surface area contributed by atoms with E-state index in [4.69, 9.17) is 16.3 Å². The molecule has 3 aromatic rings. The van der Waals surface area contributed by atoms with Crippen LogP contribution in [0.3, 0.4) is 0 Å². The van der Waals surface area contributed by atoms with Gasteiger partial charge in [-0.15, -0.1) is 0 Å². The average molecular weight is 270 g/mol. The molecule has 0 saturated carbocycles. The summed E-state index contributed by atoms with van der Waals surface area (Å²) < 4.78 is 5.18. The molecule has 94 valence electrons. The third kappa shape index (κ3) is 2.27. The highest BCUT2D eigenvalue weighted by Gasteiger charge is 2.05. The zero-order valence-electron chi connectivity index (χ0n) is 10.4. The third-order valence-corrected chi connectivity index (χ3v) is 3.34. The minimum absolute atomic E-state index is 0.701. The van der Waals surface area contributed by atoms with Gasteiger partial charge in [0.1, 0.15) is 5.75 Å². The lowest BCUT2D eigenvalue weighted by molar-refractivity contribution is 0.415. The average Bonchev–Trinajstić information content (AvgIpc) is 2.46. The molecule has 0 saturated heterocycles. The maximum Gasteiger partial charge on any atom is 0.118 e. The highest BCUT2D eigenvalue weighted by atomic mass is 35.5. The summed E-state index contributed by atoms with van der Waals surface area (Å²) in [4.78, 5) is 4.35. The van der Waals surface area contributed by atoms with Gasteiger partial charge in [-0.25, -0.2) is 0 Å². The standard InChI is InChI=1S/C16H12ClNO/c1-19-13-5-2-11(3-6-13)14-8-9-18-16-10-12(17)4-7-15(14)16/h2-10H,1H3. The van der Waals surface area contributed by atoms with Gasteiger partial charge in [0.05, 0.1) is 12.6 Å². The second-order valence-corrected chi connectivity index (χ2v) is 4.68. The highest BCUT2D eigenvalue weighted by molar-refractivity contribution is 6.31. The molecule has 1 aromatic heterocycles. The molecule has 3 rings (SSSR count). The largest absolute Gasteiger partial charge is 0.497 e. The van der Waals surface area contributed by atoms with Crippen LogP contribution in [-0.4, -0.2) is 12.1 Å². The molecule has 2 nitrogen and oxygen atoms in total. The number of rotatable bonds is 2. The van der Waals surface area contributed by atoms with E-state index < -0.39 is 0 Å². The topological polar surface area (TPSA) is 22.1 Å². The molecule has 0 aliphatic heterocycles. The van der Waals surface area contributed by atoms with E-state index in [-0.39, 0.29) is 0 Å². The van der Waals surface area contributed by atoms with E-state index in [1.54, 1.807) is 13.3 Å². The summed E-state index contributed by atoms with van der Waals surface area (Å²) >= 11 is 6.00. The van der Waals surface area contributed by atoms with Gasteiger partial charge in [-0.05, 0) is 41.5 Å². The Morgan fingerprint density at radius 2 is 1.79 bits per heavy atom. The van der Waals surface area contributed by atoms with Crippen molar-refractivity contribution >= 4 is 22.5 Å². The van der Waals surface area contributed by atoms with E-state index >= 15 is 0 Å². The number of ether oxygens (including phenoxy) is 1. The molecule has 0 fully saturated rings. The van der Waals surface area contributed by atoms with Crippen molar-refractivity contribution in [2.75, 3.05) is 7.11 Å². The van der Waals surface area contributed by atoms with Gasteiger partial charge in [0, 0.05) is 16.6 Å². The maximum absolute atomic E-state index is 6.00. The van der Waals surface area contributed by atoms with Crippen molar-refractivity contribution in [3.63, 3.8) is 0 Å². The SMILES string of the molecule is COc1ccc(-c2ccnc3cc(Cl)ccc23)cc1. The first kappa shape index (κ1) is 12.0. The molecule has 0 atom stereocenters. The number of hydrogen-bond acceptors (Lipinski definition) is 2. The van der Waals surface area contributed by atoms with Crippen LogP contribution < -0.4 is 4.74 Å². The molecule has 0 bridgehead atoms. The number of benzene rings is 2. The van der Waals surface area contributed by atoms with Crippen LogP contribution in [-0.2, 0) is 0 Å². The monoisotopic (exact) mass is 269 g/mol. The Bertz CT molecular complexity index is 722. The molecule has 19 heavy (non-hydrogen) atoms. The van der Waals surface area contributed by atoms with Crippen molar-refractivity contribution in [2.45, 2.75) is 0 Å². The van der Waals surface area contributed by atoms with Gasteiger partial charge in [-0.3, -0.25) is 4.98 Å². The number of aromatic nitrogens is 1. The summed E-state index contributed by atoms with van der Waals surface area (Å²) in [5.41, 5.74) is 3.18. The summed E-state index contributed by atoms with van der Waals surface area (Å²) in [6.07, 6.45) is 1.80. The lowest BCUT2D eigenvalue weighted by Crippen LogP contribution is -1.86. The van der Waals surface area contributed by atoms with Crippen LogP contribution in [0.25, 0.3) is 22.0 Å². The number of nitrogens with zero attached hydrogens (tertiary/aromatic N) is 1. The molecular weight excluding hydrogens is 258 g/mol. The van der Waals surface area contributed by atoms with Gasteiger partial charge in [-0.1, -0.05) is 29.8 Å². The number of methoxy groups -OCH3 is 1. The summed E-state index contributed by atoms with van der Waals surface area (Å²) in [6, 6.07) is 15.8. The Morgan fingerprint density at radius 3 is 2.53 bits per heavy atom. The van der Waals surface area contributed by atoms with Crippen LogP contribution in [0, 0.1) is 0 Å². The molecule has 2 aromatic carbocycles. The number of hydrogen-bond donors (Lipinski definition) is 0. The van der Waals surface area contributed by atoms with Crippen molar-refractivity contribution in [3.8, 4) is 16.9 Å². The Hall–Kier alpha value is -2.06. The van der Waals surface area contributed by atoms with Gasteiger partial charge < -0.3 is 4.74 Å². The van der Waals surface area contributed by atoms with Crippen LogP contribution in [0.5, 0.6) is 5.75 Å². The minimum Gasteiger partial charge on any atom is -0.497 e. The normalized spacial score (nSPS) is 10.6. The first-order valence-corrected chi connectivity index (χ1v) is 6.34. The summed E-state index contributed by atoms with van der Waals surface area (Å²) in [5, 5.41) is 1.80. The van der Waals surface area contributed by atoms with Crippen LogP contribution in [0.1, 0.15) is 0 Å². The number of fused-ring (bicyclic) bond motifs is 1. The van der Waals surface area contributed by atoms with Gasteiger partial charge >= 0.3 is 0 Å². The Morgan fingerprint density at radius 1 is 1.00 bits per heavy atom. The lowest BCUT2D eigenvalue weighted by Gasteiger charge is -2.07. The Labute approximate surface area is 116 Å². The fourth-order valence-electron chi connectivity index (χ4n) is 2.14. The van der Waals surface area contributed by atoms with Crippen LogP contribution in [0.4, 0.5) is 0 Å². The Kier molecular flexibility index (Phi) is 3.10. The summed E-state index contributed by atoms with van der Waals surface area (Å²) in [6.45, 7) is 0. The van der Waals surface area contributed by atoms with Crippen molar-refractivity contribution in [2.24, 2.45) is 0 Å². The quantitative estimate of drug-likeness (QED) is 0.680. The number of halogens is 1. The van der Waals surface area contributed by atoms with Crippen LogP contribution in [0.15, 0.2) is 54.7 Å². The van der Waals surface area contributed by atoms with Gasteiger partial charge in [0.2, 0.25) is 0 Å². The zero-order valence-corrected chi connectivity index (χ0v) is 11.2. The molecule has 0 unspecified atom stereocenters. The van der Waals surface area contributed by atoms with Gasteiger partial charge in [-0.2, -0.15) is 0 Å². The number of pyridine rings is 1. The fraction of sp³-hybridized carbons (Fsp3) is 0.0625. The van der Waals surface area contributed by atoms with E-state index in [0.29, 0.717) is 5.02 Å². The first-order valence-electron chi connectivity index (χ1n) is 5.96. The van der Waals surface area contributed by atoms with E-state index in [1.165, 1.54) is 0 Å². The summed E-state index contributed by atoms with van der Waals surface area (Å²) in [7, 11) is 1.67. The summed E-state index contributed by atoms with van der Waals surface area (Å²) in [5.74, 6) is 0.852. The lowest BCUT2D eigenvalue weighted by atomic mass is 10.0. The van der Waals surface area contributed by atoms with E-state index in [2.05, 4.69) is 4.98 Å². The van der Waals surface area contributed by atoms with E-state index in [0.717, 1.165) is 27.8 Å². The van der Waals surface area contributed by atoms with Crippen LogP contribution >= 0.6 is 11.6 Å². The fourth-order valence-corrected chi connectivity index (χ4v) is 2.31. The minimum atomic E-state index is 0.701. The molecule has 0 aliphatic carbocycles. The molecule has 3 heteroatoms. The molecular formula is C16H12ClNO. The maximum atomic E-state index is 6.00. The van der Waals surface area contributed by atoms with Crippen molar-refractivity contribution in [1.82, 2.24) is 4.98 Å². The van der Waals surface area contributed by atoms with Crippen molar-refractivity contribution in [1.29, 1.82) is 0 Å². The van der Waals surface area contributed by atoms with Gasteiger partial charge in [0.25, 0.3) is 0 Å². The predicted molar refractivity (Wildman–Crippen MR) is 78.7 cm³/mol. The molecule has 0 radical (unpaired) electrons. The third-order valence-electron chi connectivity index (χ3n) is 3.11. The predicted octanol–water partition coefficient (Wildman–Crippen LogP) is 4.56. The van der Waals surface area contributed by atoms with Crippen molar-refractivity contribution < 1.29 is 4.74 Å². The van der Waals surface area contributed by atoms with Gasteiger partial charge in [0.15, 0.2) is 0 Å². The second-order valence-electron chi connectivity index (χ2n) is 4.25. The molecule has 0 N–H and O–H groups in total. The smallest absolute Gasteiger partial charge is 0.118 e. The molecule has 0 aliphatic rings. The van der Waals surface area contributed by atoms with Crippen molar-refractivity contribution in [3.05, 3.63) is 59.8 Å². The molecule has 0 spiro atoms.